The number of hydroxylamine groups is 2. The van der Waals surface area contributed by atoms with Gasteiger partial charge in [0.1, 0.15) is 5.82 Å². The molecule has 0 heterocycles. The van der Waals surface area contributed by atoms with Crippen molar-refractivity contribution in [3.63, 3.8) is 0 Å². The molecule has 2 atom stereocenters. The minimum absolute atomic E-state index is 0.0357. The summed E-state index contributed by atoms with van der Waals surface area (Å²) in [4.78, 5) is 25.5. The normalized spacial score (nSPS) is 12.6. The van der Waals surface area contributed by atoms with Gasteiger partial charge in [-0.2, -0.15) is 17.7 Å². The highest BCUT2D eigenvalue weighted by molar-refractivity contribution is 7.86. The van der Waals surface area contributed by atoms with Crippen molar-refractivity contribution in [2.24, 2.45) is 0 Å². The van der Waals surface area contributed by atoms with Crippen molar-refractivity contribution in [2.45, 2.75) is 24.3 Å². The molecule has 4 aromatic rings. The fourth-order valence-corrected chi connectivity index (χ4v) is 5.31. The van der Waals surface area contributed by atoms with E-state index in [2.05, 4.69) is 10.6 Å². The third kappa shape index (κ3) is 9.26. The summed E-state index contributed by atoms with van der Waals surface area (Å²) in [5.41, 5.74) is 2.01. The number of amides is 3. The molecule has 0 radical (unpaired) electrons. The fourth-order valence-electron chi connectivity index (χ4n) is 3.95. The maximum Gasteiger partial charge on any atom is 0.323 e. The van der Waals surface area contributed by atoms with E-state index in [9.17, 15) is 26.6 Å². The van der Waals surface area contributed by atoms with E-state index < -0.39 is 45.3 Å². The Kier molecular flexibility index (Phi) is 10.9. The van der Waals surface area contributed by atoms with E-state index in [1.165, 1.54) is 73.7 Å². The second-order valence-corrected chi connectivity index (χ2v) is 11.6. The van der Waals surface area contributed by atoms with Gasteiger partial charge in [0, 0.05) is 16.9 Å². The molecule has 4 rings (SSSR count). The molecule has 3 amide bonds. The predicted octanol–water partition coefficient (Wildman–Crippen LogP) is 5.83. The average molecular weight is 642 g/mol. The lowest BCUT2D eigenvalue weighted by molar-refractivity contribution is -0.0328. The SMILES string of the molecule is CC(CCN(OS(=O)(=O)c1cccc(-c2ccc(F)cc2)c1)C(=O)c1ccc(NC(=O)Nc2ccccc2)cc1)OS(=O)O. The van der Waals surface area contributed by atoms with E-state index in [0.717, 1.165) is 0 Å². The Hall–Kier alpha value is -4.47. The molecule has 4 aromatic carbocycles. The summed E-state index contributed by atoms with van der Waals surface area (Å²) < 4.78 is 70.1. The van der Waals surface area contributed by atoms with Crippen LogP contribution in [0.4, 0.5) is 20.6 Å². The first-order valence-corrected chi connectivity index (χ1v) is 15.6. The summed E-state index contributed by atoms with van der Waals surface area (Å²) in [6.45, 7) is 1.14. The molecule has 0 aliphatic heterocycles. The van der Waals surface area contributed by atoms with Crippen molar-refractivity contribution in [1.29, 1.82) is 0 Å². The topological polar surface area (TPSA) is 151 Å². The van der Waals surface area contributed by atoms with E-state index in [1.54, 1.807) is 30.3 Å². The second kappa shape index (κ2) is 14.8. The summed E-state index contributed by atoms with van der Waals surface area (Å²) in [6.07, 6.45) is -0.887. The smallest absolute Gasteiger partial charge is 0.308 e. The quantitative estimate of drug-likeness (QED) is 0.129. The number of nitrogens with one attached hydrogen (secondary N) is 2. The van der Waals surface area contributed by atoms with E-state index in [1.807, 2.05) is 6.07 Å². The van der Waals surface area contributed by atoms with Crippen LogP contribution in [0.2, 0.25) is 0 Å². The van der Waals surface area contributed by atoms with Gasteiger partial charge < -0.3 is 10.6 Å². The van der Waals surface area contributed by atoms with Gasteiger partial charge in [0.2, 0.25) is 0 Å². The molecule has 0 aromatic heterocycles. The van der Waals surface area contributed by atoms with Crippen molar-refractivity contribution < 1.29 is 39.6 Å². The van der Waals surface area contributed by atoms with Crippen molar-refractivity contribution in [2.75, 3.05) is 17.2 Å². The fraction of sp³-hybridized carbons (Fsp3) is 0.133. The lowest BCUT2D eigenvalue weighted by Gasteiger charge is -2.22. The molecule has 0 aliphatic rings. The number of nitrogens with zero attached hydrogens (tertiary/aromatic N) is 1. The first-order chi connectivity index (χ1) is 21.0. The van der Waals surface area contributed by atoms with Crippen molar-refractivity contribution in [1.82, 2.24) is 5.06 Å². The van der Waals surface area contributed by atoms with Crippen LogP contribution in [0.5, 0.6) is 0 Å². The molecule has 3 N–H and O–H groups in total. The molecule has 2 unspecified atom stereocenters. The summed E-state index contributed by atoms with van der Waals surface area (Å²) in [6, 6.07) is 25.1. The van der Waals surface area contributed by atoms with Crippen LogP contribution in [0, 0.1) is 5.82 Å². The zero-order chi connectivity index (χ0) is 31.7. The minimum Gasteiger partial charge on any atom is -0.308 e. The van der Waals surface area contributed by atoms with Gasteiger partial charge in [-0.05, 0) is 85.1 Å². The third-order valence-electron chi connectivity index (χ3n) is 6.12. The number of urea groups is 1. The van der Waals surface area contributed by atoms with Gasteiger partial charge in [-0.3, -0.25) is 13.5 Å². The Morgan fingerprint density at radius 3 is 2.16 bits per heavy atom. The number of hydrogen-bond donors (Lipinski definition) is 3. The van der Waals surface area contributed by atoms with Gasteiger partial charge in [-0.15, -0.1) is 4.28 Å². The number of para-hydroxylation sites is 1. The Labute approximate surface area is 256 Å². The molecule has 0 bridgehead atoms. The number of halogens is 1. The van der Waals surface area contributed by atoms with Crippen LogP contribution in [-0.4, -0.2) is 46.8 Å². The molecule has 0 fully saturated rings. The van der Waals surface area contributed by atoms with E-state index >= 15 is 0 Å². The molecular weight excluding hydrogens is 613 g/mol. The molecule has 11 nitrogen and oxygen atoms in total. The first kappa shape index (κ1) is 32.4. The number of benzene rings is 4. The zero-order valence-corrected chi connectivity index (χ0v) is 24.9. The van der Waals surface area contributed by atoms with Gasteiger partial charge in [-0.25, -0.2) is 9.18 Å². The number of anilines is 2. The van der Waals surface area contributed by atoms with E-state index in [0.29, 0.717) is 27.6 Å². The Balaban J connectivity index is 1.52. The third-order valence-corrected chi connectivity index (χ3v) is 7.82. The standard InChI is InChI=1S/C30H28FN3O8S2/c1-21(41-43(37)38)18-19-34(42-44(39,40)28-9-5-6-24(20-28)22-10-14-25(31)15-11-22)29(35)23-12-16-27(17-13-23)33-30(36)32-26-7-3-2-4-8-26/h2-17,20-21H,18-19H2,1H3,(H,37,38)(H2,32,33,36). The number of rotatable bonds is 12. The summed E-state index contributed by atoms with van der Waals surface area (Å²) in [5, 5.41) is 5.91. The van der Waals surface area contributed by atoms with Crippen LogP contribution in [0.15, 0.2) is 108 Å². The molecule has 44 heavy (non-hydrogen) atoms. The van der Waals surface area contributed by atoms with Gasteiger partial charge in [0.25, 0.3) is 5.91 Å². The Bertz CT molecular complexity index is 1720. The van der Waals surface area contributed by atoms with Crippen LogP contribution in [0.1, 0.15) is 23.7 Å². The monoisotopic (exact) mass is 641 g/mol. The number of carbonyl (C=O) groups is 2. The molecule has 230 valence electrons. The van der Waals surface area contributed by atoms with Crippen LogP contribution in [-0.2, 0) is 29.9 Å². The maximum atomic E-state index is 13.4. The highest BCUT2D eigenvalue weighted by Crippen LogP contribution is 2.25. The van der Waals surface area contributed by atoms with Gasteiger partial charge >= 0.3 is 27.5 Å². The van der Waals surface area contributed by atoms with Crippen LogP contribution < -0.4 is 10.6 Å². The molecule has 14 heteroatoms. The summed E-state index contributed by atoms with van der Waals surface area (Å²) in [5.74, 6) is -1.28. The highest BCUT2D eigenvalue weighted by Gasteiger charge is 2.27. The molecular formula is C30H28FN3O8S2. The van der Waals surface area contributed by atoms with Crippen LogP contribution in [0.25, 0.3) is 11.1 Å². The van der Waals surface area contributed by atoms with Gasteiger partial charge in [0.05, 0.1) is 17.5 Å². The molecule has 0 aliphatic carbocycles. The lowest BCUT2D eigenvalue weighted by atomic mass is 10.1. The van der Waals surface area contributed by atoms with Crippen LogP contribution >= 0.6 is 0 Å². The highest BCUT2D eigenvalue weighted by atomic mass is 32.2. The second-order valence-electron chi connectivity index (χ2n) is 9.41. The maximum absolute atomic E-state index is 13.4. The average Bonchev–Trinajstić information content (AvgIpc) is 3.00. The summed E-state index contributed by atoms with van der Waals surface area (Å²) in [7, 11) is -4.56. The molecule has 0 saturated carbocycles. The Morgan fingerprint density at radius 1 is 0.886 bits per heavy atom. The molecule has 0 spiro atoms. The zero-order valence-electron chi connectivity index (χ0n) is 23.3. The van der Waals surface area contributed by atoms with Crippen molar-refractivity contribution >= 4 is 44.8 Å². The minimum atomic E-state index is -4.56. The molecule has 0 saturated heterocycles. The Morgan fingerprint density at radius 2 is 1.52 bits per heavy atom. The summed E-state index contributed by atoms with van der Waals surface area (Å²) >= 11 is -2.57. The first-order valence-electron chi connectivity index (χ1n) is 13.1. The van der Waals surface area contributed by atoms with Crippen LogP contribution in [0.3, 0.4) is 0 Å². The van der Waals surface area contributed by atoms with Crippen molar-refractivity contribution in [3.8, 4) is 11.1 Å². The van der Waals surface area contributed by atoms with Gasteiger partial charge in [-0.1, -0.05) is 42.5 Å². The number of hydrogen-bond acceptors (Lipinski definition) is 7. The predicted molar refractivity (Wildman–Crippen MR) is 163 cm³/mol. The largest absolute Gasteiger partial charge is 0.323 e. The van der Waals surface area contributed by atoms with Gasteiger partial charge in [0.15, 0.2) is 0 Å². The van der Waals surface area contributed by atoms with E-state index in [-0.39, 0.29) is 23.4 Å². The van der Waals surface area contributed by atoms with E-state index in [4.69, 9.17) is 13.0 Å². The lowest BCUT2D eigenvalue weighted by Crippen LogP contribution is -2.36. The van der Waals surface area contributed by atoms with Crippen molar-refractivity contribution in [3.05, 3.63) is 115 Å². The number of carbonyl (C=O) groups excluding carboxylic acids is 2.